The molecule has 114 valence electrons. The molecular formula is C16H22N2O2S. The average Bonchev–Trinajstić information content (AvgIpc) is 3.01. The van der Waals surface area contributed by atoms with Crippen molar-refractivity contribution in [2.45, 2.75) is 58.0 Å². The Bertz CT molecular complexity index is 558. The first-order chi connectivity index (χ1) is 10.0. The highest BCUT2D eigenvalue weighted by molar-refractivity contribution is 7.11. The molecule has 0 bridgehead atoms. The molecule has 1 N–H and O–H groups in total. The number of rotatable bonds is 3. The van der Waals surface area contributed by atoms with Crippen LogP contribution in [0.3, 0.4) is 0 Å². The summed E-state index contributed by atoms with van der Waals surface area (Å²) in [5.41, 5.74) is -0.597. The van der Waals surface area contributed by atoms with Gasteiger partial charge in [-0.15, -0.1) is 11.3 Å². The fraction of sp³-hybridized carbons (Fsp3) is 0.625. The first-order valence-corrected chi connectivity index (χ1v) is 8.57. The van der Waals surface area contributed by atoms with Gasteiger partial charge in [0.05, 0.1) is 6.54 Å². The van der Waals surface area contributed by atoms with Gasteiger partial charge in [0.2, 0.25) is 0 Å². The molecule has 0 radical (unpaired) electrons. The largest absolute Gasteiger partial charge is 0.325 e. The van der Waals surface area contributed by atoms with E-state index in [4.69, 9.17) is 0 Å². The van der Waals surface area contributed by atoms with Gasteiger partial charge in [-0.3, -0.25) is 10.1 Å². The third kappa shape index (κ3) is 2.48. The third-order valence-corrected chi connectivity index (χ3v) is 6.10. The Morgan fingerprint density at radius 3 is 2.57 bits per heavy atom. The molecule has 3 amide bonds. The number of hydrogen-bond acceptors (Lipinski definition) is 3. The second-order valence-corrected chi connectivity index (χ2v) is 7.53. The zero-order chi connectivity index (χ0) is 15.0. The van der Waals surface area contributed by atoms with Crippen molar-refractivity contribution in [1.29, 1.82) is 0 Å². The molecule has 5 heteroatoms. The number of aryl methyl sites for hydroxylation is 1. The number of hydrogen-bond donors (Lipinski definition) is 1. The summed E-state index contributed by atoms with van der Waals surface area (Å²) in [5, 5.41) is 2.54. The predicted octanol–water partition coefficient (Wildman–Crippen LogP) is 3.31. The van der Waals surface area contributed by atoms with E-state index in [1.807, 2.05) is 0 Å². The summed E-state index contributed by atoms with van der Waals surface area (Å²) in [6.45, 7) is 4.90. The number of carbonyl (C=O) groups excluding carboxylic acids is 2. The van der Waals surface area contributed by atoms with Gasteiger partial charge in [0, 0.05) is 9.75 Å². The summed E-state index contributed by atoms with van der Waals surface area (Å²) in [6, 6.07) is 3.98. The fourth-order valence-electron chi connectivity index (χ4n) is 3.41. The van der Waals surface area contributed by atoms with E-state index in [0.29, 0.717) is 12.5 Å². The zero-order valence-electron chi connectivity index (χ0n) is 12.6. The van der Waals surface area contributed by atoms with Crippen LogP contribution in [0.2, 0.25) is 0 Å². The van der Waals surface area contributed by atoms with Gasteiger partial charge in [-0.05, 0) is 50.2 Å². The quantitative estimate of drug-likeness (QED) is 0.871. The van der Waals surface area contributed by atoms with Gasteiger partial charge in [-0.25, -0.2) is 4.79 Å². The van der Waals surface area contributed by atoms with Gasteiger partial charge >= 0.3 is 6.03 Å². The number of nitrogens with zero attached hydrogens (tertiary/aromatic N) is 1. The summed E-state index contributed by atoms with van der Waals surface area (Å²) in [7, 11) is 0. The molecule has 2 aliphatic rings. The Kier molecular flexibility index (Phi) is 3.78. The van der Waals surface area contributed by atoms with E-state index in [0.717, 1.165) is 37.0 Å². The number of amides is 3. The van der Waals surface area contributed by atoms with E-state index in [9.17, 15) is 9.59 Å². The van der Waals surface area contributed by atoms with E-state index < -0.39 is 5.54 Å². The Balaban J connectivity index is 1.84. The van der Waals surface area contributed by atoms with Crippen LogP contribution >= 0.6 is 11.3 Å². The first-order valence-electron chi connectivity index (χ1n) is 7.76. The molecule has 1 saturated heterocycles. The number of carbonyl (C=O) groups is 2. The predicted molar refractivity (Wildman–Crippen MR) is 83.1 cm³/mol. The average molecular weight is 306 g/mol. The molecule has 0 unspecified atom stereocenters. The number of urea groups is 1. The maximum absolute atomic E-state index is 12.4. The van der Waals surface area contributed by atoms with Crippen molar-refractivity contribution in [3.05, 3.63) is 21.9 Å². The summed E-state index contributed by atoms with van der Waals surface area (Å²) in [6.07, 6.45) is 4.62. The minimum absolute atomic E-state index is 0.0910. The number of imide groups is 1. The van der Waals surface area contributed by atoms with Gasteiger partial charge < -0.3 is 4.90 Å². The lowest BCUT2D eigenvalue weighted by Crippen LogP contribution is -2.51. The maximum atomic E-state index is 12.4. The van der Waals surface area contributed by atoms with E-state index in [-0.39, 0.29) is 11.9 Å². The van der Waals surface area contributed by atoms with Crippen LogP contribution in [0.1, 0.15) is 49.3 Å². The molecule has 1 aromatic rings. The monoisotopic (exact) mass is 306 g/mol. The molecule has 1 spiro atoms. The van der Waals surface area contributed by atoms with Crippen molar-refractivity contribution in [3.8, 4) is 0 Å². The lowest BCUT2D eigenvalue weighted by atomic mass is 9.76. The SMILES string of the molecule is CCc1ccc(CN2C(=O)NC(=O)C23CCC(C)CC3)s1. The molecule has 1 saturated carbocycles. The van der Waals surface area contributed by atoms with Crippen LogP contribution in [0.15, 0.2) is 12.1 Å². The molecule has 2 heterocycles. The van der Waals surface area contributed by atoms with Crippen molar-refractivity contribution in [2.75, 3.05) is 0 Å². The van der Waals surface area contributed by atoms with Crippen molar-refractivity contribution in [2.24, 2.45) is 5.92 Å². The van der Waals surface area contributed by atoms with E-state index in [1.165, 1.54) is 4.88 Å². The van der Waals surface area contributed by atoms with Crippen molar-refractivity contribution in [1.82, 2.24) is 10.2 Å². The van der Waals surface area contributed by atoms with Gasteiger partial charge in [0.15, 0.2) is 0 Å². The van der Waals surface area contributed by atoms with E-state index in [1.54, 1.807) is 16.2 Å². The molecule has 3 rings (SSSR count). The molecule has 0 aromatic carbocycles. The van der Waals surface area contributed by atoms with Gasteiger partial charge in [0.1, 0.15) is 5.54 Å². The van der Waals surface area contributed by atoms with Gasteiger partial charge in [-0.2, -0.15) is 0 Å². The molecule has 1 aromatic heterocycles. The minimum Gasteiger partial charge on any atom is -0.305 e. The Morgan fingerprint density at radius 1 is 1.29 bits per heavy atom. The smallest absolute Gasteiger partial charge is 0.305 e. The second-order valence-electron chi connectivity index (χ2n) is 6.28. The summed E-state index contributed by atoms with van der Waals surface area (Å²) in [4.78, 5) is 28.8. The first kappa shape index (κ1) is 14.6. The lowest BCUT2D eigenvalue weighted by Gasteiger charge is -2.39. The van der Waals surface area contributed by atoms with Crippen LogP contribution in [-0.4, -0.2) is 22.4 Å². The van der Waals surface area contributed by atoms with Crippen LogP contribution in [0.4, 0.5) is 4.79 Å². The van der Waals surface area contributed by atoms with Crippen LogP contribution in [-0.2, 0) is 17.8 Å². The minimum atomic E-state index is -0.597. The third-order valence-electron chi connectivity index (χ3n) is 4.89. The lowest BCUT2D eigenvalue weighted by molar-refractivity contribution is -0.128. The molecule has 1 aliphatic heterocycles. The normalized spacial score (nSPS) is 29.2. The molecule has 2 fully saturated rings. The summed E-state index contributed by atoms with van der Waals surface area (Å²) in [5.74, 6) is 0.557. The highest BCUT2D eigenvalue weighted by atomic mass is 32.1. The zero-order valence-corrected chi connectivity index (χ0v) is 13.5. The molecule has 0 atom stereocenters. The van der Waals surface area contributed by atoms with Crippen molar-refractivity contribution < 1.29 is 9.59 Å². The summed E-state index contributed by atoms with van der Waals surface area (Å²) < 4.78 is 0. The van der Waals surface area contributed by atoms with Crippen LogP contribution < -0.4 is 5.32 Å². The number of nitrogens with one attached hydrogen (secondary N) is 1. The highest BCUT2D eigenvalue weighted by Gasteiger charge is 2.53. The molecule has 1 aliphatic carbocycles. The fourth-order valence-corrected chi connectivity index (χ4v) is 4.36. The van der Waals surface area contributed by atoms with Gasteiger partial charge in [-0.1, -0.05) is 13.8 Å². The summed E-state index contributed by atoms with van der Waals surface area (Å²) >= 11 is 1.74. The molecule has 4 nitrogen and oxygen atoms in total. The number of thiophene rings is 1. The van der Waals surface area contributed by atoms with Crippen molar-refractivity contribution >= 4 is 23.3 Å². The van der Waals surface area contributed by atoms with E-state index >= 15 is 0 Å². The van der Waals surface area contributed by atoms with Gasteiger partial charge in [0.25, 0.3) is 5.91 Å². The highest BCUT2D eigenvalue weighted by Crippen LogP contribution is 2.40. The Hall–Kier alpha value is -1.36. The molecule has 21 heavy (non-hydrogen) atoms. The molecular weight excluding hydrogens is 284 g/mol. The second kappa shape index (κ2) is 5.44. The van der Waals surface area contributed by atoms with Crippen LogP contribution in [0, 0.1) is 5.92 Å². The maximum Gasteiger partial charge on any atom is 0.325 e. The standard InChI is InChI=1S/C16H22N2O2S/c1-3-12-4-5-13(21-12)10-18-15(20)17-14(19)16(18)8-6-11(2)7-9-16/h4-5,11H,3,6-10H2,1-2H3,(H,17,19,20). The van der Waals surface area contributed by atoms with Crippen molar-refractivity contribution in [3.63, 3.8) is 0 Å². The topological polar surface area (TPSA) is 49.4 Å². The van der Waals surface area contributed by atoms with Crippen LogP contribution in [0.5, 0.6) is 0 Å². The van der Waals surface area contributed by atoms with Crippen LogP contribution in [0.25, 0.3) is 0 Å². The van der Waals surface area contributed by atoms with E-state index in [2.05, 4.69) is 31.3 Å². The Morgan fingerprint density at radius 2 is 1.95 bits per heavy atom. The Labute approximate surface area is 129 Å².